The Morgan fingerprint density at radius 2 is 1.86 bits per heavy atom. The Morgan fingerprint density at radius 1 is 1.04 bits per heavy atom. The first kappa shape index (κ1) is 18.6. The lowest BCUT2D eigenvalue weighted by molar-refractivity contribution is -0.178. The van der Waals surface area contributed by atoms with Gasteiger partial charge in [-0.3, -0.25) is 0 Å². The van der Waals surface area contributed by atoms with Crippen LogP contribution in [0, 0.1) is 22.7 Å². The molecule has 0 spiro atoms. The van der Waals surface area contributed by atoms with Gasteiger partial charge in [0.2, 0.25) is 0 Å². The number of aliphatic hydroxyl groups is 2. The molecule has 0 bridgehead atoms. The number of aliphatic hydroxyl groups excluding tert-OH is 1. The molecule has 1 aromatic heterocycles. The third-order valence-corrected chi connectivity index (χ3v) is 9.40. The number of fused-ring (bicyclic) bond motifs is 5. The second-order valence-corrected chi connectivity index (χ2v) is 10.3. The molecule has 4 aliphatic carbocycles. The SMILES string of the molecule is C[C@]12CC[C@H](O)C=C1CC[C@@H]1[C@@H]2CC[C@]2(C)C(c3ccc(=O)oc3)CC[C@]12O. The molecule has 3 saturated carbocycles. The maximum Gasteiger partial charge on any atom is 0.335 e. The van der Waals surface area contributed by atoms with E-state index in [1.165, 1.54) is 11.6 Å². The van der Waals surface area contributed by atoms with Crippen LogP contribution in [-0.2, 0) is 0 Å². The highest BCUT2D eigenvalue weighted by molar-refractivity contribution is 5.31. The van der Waals surface area contributed by atoms with Crippen LogP contribution in [0.25, 0.3) is 0 Å². The van der Waals surface area contributed by atoms with E-state index >= 15 is 0 Å². The van der Waals surface area contributed by atoms with E-state index in [-0.39, 0.29) is 28.5 Å². The highest BCUT2D eigenvalue weighted by atomic mass is 16.4. The fourth-order valence-electron chi connectivity index (χ4n) is 7.78. The summed E-state index contributed by atoms with van der Waals surface area (Å²) < 4.78 is 5.16. The second-order valence-electron chi connectivity index (χ2n) is 10.3. The Kier molecular flexibility index (Phi) is 4.03. The van der Waals surface area contributed by atoms with Gasteiger partial charge in [-0.15, -0.1) is 0 Å². The van der Waals surface area contributed by atoms with Crippen LogP contribution < -0.4 is 5.63 Å². The van der Waals surface area contributed by atoms with Gasteiger partial charge in [-0.2, -0.15) is 0 Å². The summed E-state index contributed by atoms with van der Waals surface area (Å²) in [6.07, 6.45) is 11.2. The van der Waals surface area contributed by atoms with Crippen molar-refractivity contribution in [3.8, 4) is 0 Å². The zero-order valence-corrected chi connectivity index (χ0v) is 17.0. The third kappa shape index (κ3) is 2.34. The molecule has 4 aliphatic rings. The van der Waals surface area contributed by atoms with E-state index in [2.05, 4.69) is 19.9 Å². The summed E-state index contributed by atoms with van der Waals surface area (Å²) >= 11 is 0. The number of allylic oxidation sites excluding steroid dienone is 1. The van der Waals surface area contributed by atoms with Crippen LogP contribution in [0.3, 0.4) is 0 Å². The zero-order valence-electron chi connectivity index (χ0n) is 17.0. The molecule has 4 nitrogen and oxygen atoms in total. The minimum Gasteiger partial charge on any atom is -0.431 e. The molecule has 0 aromatic carbocycles. The van der Waals surface area contributed by atoms with Gasteiger partial charge in [0.1, 0.15) is 0 Å². The highest BCUT2D eigenvalue weighted by Gasteiger charge is 2.66. The first-order valence-corrected chi connectivity index (χ1v) is 11.0. The summed E-state index contributed by atoms with van der Waals surface area (Å²) in [5.74, 6) is 1.04. The van der Waals surface area contributed by atoms with Crippen LogP contribution in [0.1, 0.15) is 76.7 Å². The van der Waals surface area contributed by atoms with E-state index in [1.807, 2.05) is 6.07 Å². The van der Waals surface area contributed by atoms with Crippen molar-refractivity contribution >= 4 is 0 Å². The molecule has 1 aromatic rings. The third-order valence-electron chi connectivity index (χ3n) is 9.40. The smallest absolute Gasteiger partial charge is 0.335 e. The molecule has 0 amide bonds. The molecule has 4 heteroatoms. The Bertz CT molecular complexity index is 851. The van der Waals surface area contributed by atoms with E-state index in [4.69, 9.17) is 4.42 Å². The normalized spacial score (nSPS) is 47.6. The minimum atomic E-state index is -0.665. The predicted octanol–water partition coefficient (Wildman–Crippen LogP) is 4.16. The molecule has 1 heterocycles. The van der Waals surface area contributed by atoms with Gasteiger partial charge >= 0.3 is 5.63 Å². The number of hydrogen-bond donors (Lipinski definition) is 2. The Labute approximate surface area is 166 Å². The molecular weight excluding hydrogens is 352 g/mol. The monoisotopic (exact) mass is 384 g/mol. The van der Waals surface area contributed by atoms with Gasteiger partial charge in [-0.25, -0.2) is 4.79 Å². The Balaban J connectivity index is 1.51. The molecule has 5 rings (SSSR count). The van der Waals surface area contributed by atoms with E-state index in [0.29, 0.717) is 11.8 Å². The minimum absolute atomic E-state index is 0.122. The standard InChI is InChI=1S/C24H32O4/c1-22-10-7-17(25)13-16(22)4-5-20-19(22)8-11-23(2)18(9-12-24(20,23)27)15-3-6-21(26)28-14-15/h3,6,13-14,17-20,25,27H,4-5,7-12H2,1-2H3/t17-,18?,19-,20+,22-,23+,24-/m0/s1. The quantitative estimate of drug-likeness (QED) is 0.713. The molecule has 2 N–H and O–H groups in total. The molecule has 0 saturated heterocycles. The van der Waals surface area contributed by atoms with Gasteiger partial charge in [0, 0.05) is 11.5 Å². The Hall–Kier alpha value is -1.39. The summed E-state index contributed by atoms with van der Waals surface area (Å²) in [5.41, 5.74) is 1.45. The summed E-state index contributed by atoms with van der Waals surface area (Å²) in [6, 6.07) is 3.40. The lowest BCUT2D eigenvalue weighted by atomic mass is 9.45. The molecule has 28 heavy (non-hydrogen) atoms. The van der Waals surface area contributed by atoms with Crippen LogP contribution in [0.4, 0.5) is 0 Å². The predicted molar refractivity (Wildman–Crippen MR) is 107 cm³/mol. The van der Waals surface area contributed by atoms with Crippen molar-refractivity contribution in [2.45, 2.75) is 82.8 Å². The van der Waals surface area contributed by atoms with Crippen LogP contribution in [0.15, 0.2) is 39.3 Å². The Morgan fingerprint density at radius 3 is 2.61 bits per heavy atom. The first-order chi connectivity index (χ1) is 13.3. The van der Waals surface area contributed by atoms with Gasteiger partial charge in [-0.1, -0.05) is 25.5 Å². The summed E-state index contributed by atoms with van der Waals surface area (Å²) in [4.78, 5) is 11.4. The number of hydrogen-bond acceptors (Lipinski definition) is 4. The summed E-state index contributed by atoms with van der Waals surface area (Å²) in [6.45, 7) is 4.65. The van der Waals surface area contributed by atoms with E-state index in [1.54, 1.807) is 6.26 Å². The van der Waals surface area contributed by atoms with E-state index < -0.39 is 5.60 Å². The van der Waals surface area contributed by atoms with Crippen LogP contribution in [0.5, 0.6) is 0 Å². The molecule has 0 aliphatic heterocycles. The maximum absolute atomic E-state index is 12.1. The van der Waals surface area contributed by atoms with Crippen molar-refractivity contribution in [1.82, 2.24) is 0 Å². The van der Waals surface area contributed by atoms with Gasteiger partial charge in [-0.05, 0) is 86.2 Å². The summed E-state index contributed by atoms with van der Waals surface area (Å²) in [7, 11) is 0. The maximum atomic E-state index is 12.1. The van der Waals surface area contributed by atoms with Crippen LogP contribution in [-0.4, -0.2) is 21.9 Å². The van der Waals surface area contributed by atoms with Crippen LogP contribution in [0.2, 0.25) is 0 Å². The summed E-state index contributed by atoms with van der Waals surface area (Å²) in [5, 5.41) is 22.3. The van der Waals surface area contributed by atoms with Crippen molar-refractivity contribution in [3.63, 3.8) is 0 Å². The van der Waals surface area contributed by atoms with Crippen LogP contribution >= 0.6 is 0 Å². The fourth-order valence-corrected chi connectivity index (χ4v) is 7.78. The molecule has 1 unspecified atom stereocenters. The average molecular weight is 385 g/mol. The van der Waals surface area contributed by atoms with Crippen molar-refractivity contribution in [1.29, 1.82) is 0 Å². The van der Waals surface area contributed by atoms with Crippen molar-refractivity contribution in [3.05, 3.63) is 46.0 Å². The second kappa shape index (κ2) is 6.06. The fraction of sp³-hybridized carbons (Fsp3) is 0.708. The molecule has 7 atom stereocenters. The molecule has 0 radical (unpaired) electrons. The number of rotatable bonds is 1. The lowest BCUT2D eigenvalue weighted by Crippen LogP contribution is -2.60. The van der Waals surface area contributed by atoms with Gasteiger partial charge < -0.3 is 14.6 Å². The first-order valence-electron chi connectivity index (χ1n) is 11.0. The zero-order chi connectivity index (χ0) is 19.7. The molecule has 3 fully saturated rings. The van der Waals surface area contributed by atoms with Gasteiger partial charge in [0.15, 0.2) is 0 Å². The average Bonchev–Trinajstić information content (AvgIpc) is 2.95. The van der Waals surface area contributed by atoms with E-state index in [9.17, 15) is 15.0 Å². The van der Waals surface area contributed by atoms with Crippen molar-refractivity contribution in [2.75, 3.05) is 0 Å². The largest absolute Gasteiger partial charge is 0.431 e. The van der Waals surface area contributed by atoms with Crippen molar-refractivity contribution in [2.24, 2.45) is 22.7 Å². The van der Waals surface area contributed by atoms with Gasteiger partial charge in [0.05, 0.1) is 18.0 Å². The molecular formula is C24H32O4. The lowest BCUT2D eigenvalue weighted by Gasteiger charge is -2.61. The van der Waals surface area contributed by atoms with Gasteiger partial charge in [0.25, 0.3) is 0 Å². The highest BCUT2D eigenvalue weighted by Crippen LogP contribution is 2.70. The van der Waals surface area contributed by atoms with E-state index in [0.717, 1.165) is 56.9 Å². The van der Waals surface area contributed by atoms with Crippen molar-refractivity contribution < 1.29 is 14.6 Å². The molecule has 152 valence electrons. The topological polar surface area (TPSA) is 70.7 Å².